The lowest BCUT2D eigenvalue weighted by molar-refractivity contribution is -0.141. The maximum Gasteiger partial charge on any atom is 0.305 e. The van der Waals surface area contributed by atoms with Gasteiger partial charge in [0, 0.05) is 12.0 Å². The molecule has 0 aromatic heterocycles. The van der Waals surface area contributed by atoms with Crippen molar-refractivity contribution in [3.63, 3.8) is 0 Å². The summed E-state index contributed by atoms with van der Waals surface area (Å²) in [6.07, 6.45) is -0.0163. The van der Waals surface area contributed by atoms with Crippen LogP contribution in [-0.4, -0.2) is 52.6 Å². The Morgan fingerprint density at radius 3 is 1.96 bits per heavy atom. The highest BCUT2D eigenvalue weighted by Crippen LogP contribution is 2.38. The van der Waals surface area contributed by atoms with Crippen molar-refractivity contribution < 1.29 is 33.3 Å². The minimum atomic E-state index is -0.473. The minimum absolute atomic E-state index is 0.00219. The predicted octanol–water partition coefficient (Wildman–Crippen LogP) is 0.964. The van der Waals surface area contributed by atoms with Gasteiger partial charge in [-0.2, -0.15) is 0 Å². The van der Waals surface area contributed by atoms with Gasteiger partial charge in [-0.3, -0.25) is 14.4 Å². The van der Waals surface area contributed by atoms with Crippen molar-refractivity contribution in [2.75, 3.05) is 35.0 Å². The van der Waals surface area contributed by atoms with E-state index in [9.17, 15) is 14.4 Å². The average molecular weight is 339 g/mol. The van der Waals surface area contributed by atoms with Crippen molar-refractivity contribution >= 4 is 17.7 Å². The summed E-state index contributed by atoms with van der Waals surface area (Å²) in [5.41, 5.74) is 0.255. The molecule has 1 amide bonds. The highest BCUT2D eigenvalue weighted by atomic mass is 16.5. The van der Waals surface area contributed by atoms with Crippen LogP contribution in [0.25, 0.3) is 0 Å². The molecule has 1 aromatic carbocycles. The number of methoxy groups -OCH3 is 4. The third-order valence-electron chi connectivity index (χ3n) is 3.21. The topological polar surface area (TPSA) is 100 Å². The average Bonchev–Trinajstić information content (AvgIpc) is 2.62. The molecular formula is C16H21NO7. The van der Waals surface area contributed by atoms with Gasteiger partial charge >= 0.3 is 5.97 Å². The van der Waals surface area contributed by atoms with Gasteiger partial charge < -0.3 is 24.3 Å². The van der Waals surface area contributed by atoms with E-state index in [-0.39, 0.29) is 30.7 Å². The second kappa shape index (κ2) is 9.39. The van der Waals surface area contributed by atoms with E-state index in [1.54, 1.807) is 0 Å². The Morgan fingerprint density at radius 1 is 0.917 bits per heavy atom. The molecule has 0 spiro atoms. The number of carbonyl (C=O) groups is 3. The SMILES string of the molecule is COC(=O)CCC(=O)CNC(=O)c1cc(OC)c(OC)c(OC)c1. The molecule has 24 heavy (non-hydrogen) atoms. The number of hydrogen-bond donors (Lipinski definition) is 1. The molecule has 0 bridgehead atoms. The van der Waals surface area contributed by atoms with Crippen LogP contribution in [-0.2, 0) is 14.3 Å². The number of rotatable bonds is 9. The van der Waals surface area contributed by atoms with Gasteiger partial charge in [0.15, 0.2) is 17.3 Å². The maximum absolute atomic E-state index is 12.2. The molecule has 0 atom stereocenters. The number of esters is 1. The standard InChI is InChI=1S/C16H21NO7/c1-21-12-7-10(8-13(22-2)15(12)24-4)16(20)17-9-11(18)5-6-14(19)23-3/h7-8H,5-6,9H2,1-4H3,(H,17,20). The lowest BCUT2D eigenvalue weighted by Gasteiger charge is -2.14. The first-order valence-corrected chi connectivity index (χ1v) is 7.13. The van der Waals surface area contributed by atoms with Crippen molar-refractivity contribution in [1.29, 1.82) is 0 Å². The molecule has 132 valence electrons. The van der Waals surface area contributed by atoms with Crippen LogP contribution in [0.2, 0.25) is 0 Å². The van der Waals surface area contributed by atoms with Crippen LogP contribution in [0.1, 0.15) is 23.2 Å². The van der Waals surface area contributed by atoms with Crippen LogP contribution in [0.4, 0.5) is 0 Å². The molecular weight excluding hydrogens is 318 g/mol. The summed E-state index contributed by atoms with van der Waals surface area (Å²) in [6.45, 7) is -0.188. The number of hydrogen-bond acceptors (Lipinski definition) is 7. The fourth-order valence-electron chi connectivity index (χ4n) is 1.93. The first-order chi connectivity index (χ1) is 11.5. The van der Waals surface area contributed by atoms with Crippen molar-refractivity contribution in [1.82, 2.24) is 5.32 Å². The summed E-state index contributed by atoms with van der Waals surface area (Å²) in [4.78, 5) is 34.8. The van der Waals surface area contributed by atoms with Gasteiger partial charge in [0.25, 0.3) is 5.91 Å². The molecule has 8 nitrogen and oxygen atoms in total. The zero-order chi connectivity index (χ0) is 18.1. The highest BCUT2D eigenvalue weighted by Gasteiger charge is 2.17. The summed E-state index contributed by atoms with van der Waals surface area (Å²) < 4.78 is 20.0. The number of carbonyl (C=O) groups excluding carboxylic acids is 3. The Hall–Kier alpha value is -2.77. The first kappa shape index (κ1) is 19.3. The van der Waals surface area contributed by atoms with E-state index in [1.165, 1.54) is 40.6 Å². The van der Waals surface area contributed by atoms with Crippen molar-refractivity contribution in [2.45, 2.75) is 12.8 Å². The smallest absolute Gasteiger partial charge is 0.305 e. The lowest BCUT2D eigenvalue weighted by atomic mass is 10.1. The van der Waals surface area contributed by atoms with Crippen molar-refractivity contribution in [3.05, 3.63) is 17.7 Å². The van der Waals surface area contributed by atoms with Gasteiger partial charge in [-0.15, -0.1) is 0 Å². The Labute approximate surface area is 140 Å². The van der Waals surface area contributed by atoms with Crippen LogP contribution in [0.3, 0.4) is 0 Å². The van der Waals surface area contributed by atoms with Crippen molar-refractivity contribution in [2.24, 2.45) is 0 Å². The van der Waals surface area contributed by atoms with Gasteiger partial charge in [0.05, 0.1) is 41.4 Å². The summed E-state index contributed by atoms with van der Waals surface area (Å²) in [7, 11) is 5.59. The number of nitrogens with one attached hydrogen (secondary N) is 1. The molecule has 0 heterocycles. The molecule has 0 aliphatic carbocycles. The van der Waals surface area contributed by atoms with E-state index in [0.29, 0.717) is 17.2 Å². The molecule has 0 aliphatic heterocycles. The Bertz CT molecular complexity index is 587. The molecule has 0 saturated carbocycles. The number of benzene rings is 1. The van der Waals surface area contributed by atoms with Gasteiger partial charge in [0.1, 0.15) is 0 Å². The monoisotopic (exact) mass is 339 g/mol. The van der Waals surface area contributed by atoms with E-state index in [1.807, 2.05) is 0 Å². The van der Waals surface area contributed by atoms with Crippen LogP contribution < -0.4 is 19.5 Å². The Balaban J connectivity index is 2.74. The summed E-state index contributed by atoms with van der Waals surface area (Å²) >= 11 is 0. The van der Waals surface area contributed by atoms with Crippen LogP contribution in [0.15, 0.2) is 12.1 Å². The molecule has 8 heteroatoms. The normalized spacial score (nSPS) is 9.83. The maximum atomic E-state index is 12.2. The molecule has 1 rings (SSSR count). The van der Waals surface area contributed by atoms with Gasteiger partial charge in [-0.25, -0.2) is 0 Å². The fraction of sp³-hybridized carbons (Fsp3) is 0.438. The molecule has 0 fully saturated rings. The van der Waals surface area contributed by atoms with Crippen LogP contribution >= 0.6 is 0 Å². The third-order valence-corrected chi connectivity index (χ3v) is 3.21. The number of amides is 1. The predicted molar refractivity (Wildman–Crippen MR) is 84.7 cm³/mol. The van der Waals surface area contributed by atoms with E-state index in [0.717, 1.165) is 0 Å². The minimum Gasteiger partial charge on any atom is -0.493 e. The second-order valence-corrected chi connectivity index (χ2v) is 4.71. The van der Waals surface area contributed by atoms with Crippen LogP contribution in [0.5, 0.6) is 17.2 Å². The third kappa shape index (κ3) is 5.15. The summed E-state index contributed by atoms with van der Waals surface area (Å²) in [5, 5.41) is 2.49. The molecule has 1 aromatic rings. The zero-order valence-corrected chi connectivity index (χ0v) is 14.1. The van der Waals surface area contributed by atoms with E-state index in [4.69, 9.17) is 14.2 Å². The fourth-order valence-corrected chi connectivity index (χ4v) is 1.93. The summed E-state index contributed by atoms with van der Waals surface area (Å²) in [6, 6.07) is 2.96. The van der Waals surface area contributed by atoms with Crippen LogP contribution in [0, 0.1) is 0 Å². The largest absolute Gasteiger partial charge is 0.493 e. The van der Waals surface area contributed by atoms with Gasteiger partial charge in [-0.1, -0.05) is 0 Å². The Kier molecular flexibility index (Phi) is 7.54. The van der Waals surface area contributed by atoms with E-state index >= 15 is 0 Å². The van der Waals surface area contributed by atoms with E-state index in [2.05, 4.69) is 10.1 Å². The van der Waals surface area contributed by atoms with Crippen molar-refractivity contribution in [3.8, 4) is 17.2 Å². The molecule has 0 radical (unpaired) electrons. The first-order valence-electron chi connectivity index (χ1n) is 7.13. The highest BCUT2D eigenvalue weighted by molar-refractivity contribution is 5.98. The number of ether oxygens (including phenoxy) is 4. The quantitative estimate of drug-likeness (QED) is 0.669. The zero-order valence-electron chi connectivity index (χ0n) is 14.1. The van der Waals surface area contributed by atoms with E-state index < -0.39 is 11.9 Å². The van der Waals surface area contributed by atoms with Gasteiger partial charge in [-0.05, 0) is 12.1 Å². The summed E-state index contributed by atoms with van der Waals surface area (Å²) in [5.74, 6) is -0.190. The Morgan fingerprint density at radius 2 is 1.50 bits per heavy atom. The molecule has 0 aliphatic rings. The molecule has 1 N–H and O–H groups in total. The molecule has 0 saturated heterocycles. The van der Waals surface area contributed by atoms with Gasteiger partial charge in [0.2, 0.25) is 5.75 Å². The number of ketones is 1. The lowest BCUT2D eigenvalue weighted by Crippen LogP contribution is -2.29. The molecule has 0 unspecified atom stereocenters. The second-order valence-electron chi connectivity index (χ2n) is 4.71. The number of Topliss-reactive ketones (excluding diaryl/α,β-unsaturated/α-hetero) is 1.